The molecule has 2 fully saturated rings. The molecule has 2 aliphatic heterocycles. The molecule has 2 aromatic carbocycles. The van der Waals surface area contributed by atoms with E-state index in [1.807, 2.05) is 6.07 Å². The van der Waals surface area contributed by atoms with E-state index in [-0.39, 0.29) is 0 Å². The van der Waals surface area contributed by atoms with E-state index < -0.39 is 37.1 Å². The normalized spacial score (nSPS) is 34.2. The van der Waals surface area contributed by atoms with Crippen molar-refractivity contribution >= 4 is 11.6 Å². The molecule has 2 aromatic rings. The maximum absolute atomic E-state index is 10.5. The van der Waals surface area contributed by atoms with Gasteiger partial charge in [-0.1, -0.05) is 41.9 Å². The van der Waals surface area contributed by atoms with Gasteiger partial charge in [0, 0.05) is 5.02 Å². The molecule has 0 spiro atoms. The summed E-state index contributed by atoms with van der Waals surface area (Å²) in [4.78, 5) is 0. The molecule has 0 amide bonds. The number of fused-ring (bicyclic) bond motifs is 2. The van der Waals surface area contributed by atoms with Gasteiger partial charge in [0.25, 0.3) is 0 Å². The first-order valence-corrected chi connectivity index (χ1v) is 11.6. The van der Waals surface area contributed by atoms with Crippen molar-refractivity contribution in [3.05, 3.63) is 69.2 Å². The van der Waals surface area contributed by atoms with E-state index in [4.69, 9.17) is 21.1 Å². The Morgan fingerprint density at radius 1 is 0.875 bits per heavy atom. The minimum atomic E-state index is -1.41. The molecular formula is C25H29ClO6. The Morgan fingerprint density at radius 2 is 1.62 bits per heavy atom. The number of aliphatic hydroxyl groups is 4. The van der Waals surface area contributed by atoms with E-state index in [1.165, 1.54) is 11.1 Å². The summed E-state index contributed by atoms with van der Waals surface area (Å²) in [5.41, 5.74) is 5.48. The Morgan fingerprint density at radius 3 is 2.38 bits per heavy atom. The standard InChI is InChI=1S/C25H29ClO6/c26-20-4-3-15(25-24(30)23(29)22(28)21(10-27)32-25)8-17(20)6-13-1-2-14-7-18-11-31-12-19(18)9-16(14)5-13/h1-5,8,18-19,21-25,27-30H,6-7,9-12H2/t18?,19?,21-,22-,23+,24-,25+/m1/s1. The van der Waals surface area contributed by atoms with Crippen LogP contribution in [0.15, 0.2) is 36.4 Å². The first kappa shape index (κ1) is 22.3. The van der Waals surface area contributed by atoms with E-state index in [2.05, 4.69) is 18.2 Å². The van der Waals surface area contributed by atoms with Gasteiger partial charge in [-0.05, 0) is 65.0 Å². The number of ether oxygens (including phenoxy) is 2. The van der Waals surface area contributed by atoms with Crippen molar-refractivity contribution in [2.24, 2.45) is 11.8 Å². The zero-order valence-electron chi connectivity index (χ0n) is 17.7. The maximum Gasteiger partial charge on any atom is 0.113 e. The quantitative estimate of drug-likeness (QED) is 0.555. The van der Waals surface area contributed by atoms with Gasteiger partial charge in [0.2, 0.25) is 0 Å². The van der Waals surface area contributed by atoms with Gasteiger partial charge in [0.1, 0.15) is 30.5 Å². The lowest BCUT2D eigenvalue weighted by Gasteiger charge is -2.40. The fourth-order valence-electron chi connectivity index (χ4n) is 5.34. The minimum Gasteiger partial charge on any atom is -0.394 e. The Labute approximate surface area is 192 Å². The van der Waals surface area contributed by atoms with E-state index in [9.17, 15) is 20.4 Å². The molecule has 32 heavy (non-hydrogen) atoms. The SMILES string of the molecule is OC[C@H]1O[C@@H](c2ccc(Cl)c(Cc3ccc4c(c3)CC3COCC3C4)c2)[C@H](O)[C@@H](O)[C@@H]1O. The van der Waals surface area contributed by atoms with Gasteiger partial charge in [-0.2, -0.15) is 0 Å². The van der Waals surface area contributed by atoms with Crippen molar-refractivity contribution in [1.82, 2.24) is 0 Å². The first-order chi connectivity index (χ1) is 15.4. The van der Waals surface area contributed by atoms with Gasteiger partial charge in [-0.3, -0.25) is 0 Å². The van der Waals surface area contributed by atoms with Gasteiger partial charge in [0.15, 0.2) is 0 Å². The fourth-order valence-corrected chi connectivity index (χ4v) is 5.53. The molecular weight excluding hydrogens is 432 g/mol. The van der Waals surface area contributed by atoms with Crippen LogP contribution >= 0.6 is 11.6 Å². The summed E-state index contributed by atoms with van der Waals surface area (Å²) in [6.45, 7) is 1.26. The van der Waals surface area contributed by atoms with Crippen molar-refractivity contribution < 1.29 is 29.9 Å². The summed E-state index contributed by atoms with van der Waals surface area (Å²) in [5, 5.41) is 40.7. The van der Waals surface area contributed by atoms with Crippen LogP contribution in [-0.2, 0) is 28.7 Å². The van der Waals surface area contributed by atoms with E-state index >= 15 is 0 Å². The second-order valence-corrected chi connectivity index (χ2v) is 9.75. The zero-order valence-corrected chi connectivity index (χ0v) is 18.5. The summed E-state index contributed by atoms with van der Waals surface area (Å²) in [6, 6.07) is 12.0. The summed E-state index contributed by atoms with van der Waals surface area (Å²) >= 11 is 6.50. The molecule has 3 aliphatic rings. The average molecular weight is 461 g/mol. The molecule has 2 heterocycles. The number of hydrogen-bond donors (Lipinski definition) is 4. The Hall–Kier alpha value is -1.51. The second kappa shape index (κ2) is 9.03. The largest absolute Gasteiger partial charge is 0.394 e. The van der Waals surface area contributed by atoms with Gasteiger partial charge in [0.05, 0.1) is 19.8 Å². The Kier molecular flexibility index (Phi) is 6.29. The van der Waals surface area contributed by atoms with E-state index in [1.54, 1.807) is 12.1 Å². The van der Waals surface area contributed by atoms with E-state index in [0.717, 1.165) is 37.2 Å². The number of benzene rings is 2. The second-order valence-electron chi connectivity index (χ2n) is 9.35. The van der Waals surface area contributed by atoms with Crippen LogP contribution in [0.3, 0.4) is 0 Å². The van der Waals surface area contributed by atoms with Crippen LogP contribution in [0.4, 0.5) is 0 Å². The molecule has 1 aliphatic carbocycles. The third-order valence-corrected chi connectivity index (χ3v) is 7.62. The zero-order chi connectivity index (χ0) is 22.4. The molecule has 0 saturated carbocycles. The fraction of sp³-hybridized carbons (Fsp3) is 0.520. The van der Waals surface area contributed by atoms with Crippen LogP contribution in [-0.4, -0.2) is 64.7 Å². The number of aliphatic hydroxyl groups excluding tert-OH is 4. The minimum absolute atomic E-state index is 0.454. The predicted molar refractivity (Wildman–Crippen MR) is 119 cm³/mol. The monoisotopic (exact) mass is 460 g/mol. The summed E-state index contributed by atoms with van der Waals surface area (Å²) in [6.07, 6.45) is -3.16. The van der Waals surface area contributed by atoms with Crippen LogP contribution in [0.25, 0.3) is 0 Å². The Balaban J connectivity index is 1.38. The average Bonchev–Trinajstić information content (AvgIpc) is 3.25. The molecule has 7 heteroatoms. The van der Waals surface area contributed by atoms with Crippen LogP contribution in [0.5, 0.6) is 0 Å². The van der Waals surface area contributed by atoms with Gasteiger partial charge in [-0.25, -0.2) is 0 Å². The first-order valence-electron chi connectivity index (χ1n) is 11.2. The smallest absolute Gasteiger partial charge is 0.113 e. The highest BCUT2D eigenvalue weighted by molar-refractivity contribution is 6.31. The molecule has 4 N–H and O–H groups in total. The van der Waals surface area contributed by atoms with Crippen LogP contribution in [0.1, 0.15) is 33.9 Å². The highest BCUT2D eigenvalue weighted by Crippen LogP contribution is 2.37. The van der Waals surface area contributed by atoms with Gasteiger partial charge in [-0.15, -0.1) is 0 Å². The molecule has 0 aromatic heterocycles. The summed E-state index contributed by atoms with van der Waals surface area (Å²) in [5.74, 6) is 1.24. The number of halogens is 1. The Bertz CT molecular complexity index is 979. The van der Waals surface area contributed by atoms with Gasteiger partial charge < -0.3 is 29.9 Å². The topological polar surface area (TPSA) is 99.4 Å². The molecule has 7 atom stereocenters. The molecule has 6 nitrogen and oxygen atoms in total. The third-order valence-electron chi connectivity index (χ3n) is 7.25. The highest BCUT2D eigenvalue weighted by atomic mass is 35.5. The van der Waals surface area contributed by atoms with Crippen LogP contribution in [0.2, 0.25) is 5.02 Å². The van der Waals surface area contributed by atoms with Crippen molar-refractivity contribution in [3.8, 4) is 0 Å². The van der Waals surface area contributed by atoms with Gasteiger partial charge >= 0.3 is 0 Å². The van der Waals surface area contributed by atoms with Crippen LogP contribution in [0, 0.1) is 11.8 Å². The molecule has 172 valence electrons. The van der Waals surface area contributed by atoms with E-state index in [0.29, 0.717) is 28.8 Å². The molecule has 0 bridgehead atoms. The van der Waals surface area contributed by atoms with Crippen molar-refractivity contribution in [2.45, 2.75) is 49.8 Å². The summed E-state index contributed by atoms with van der Waals surface area (Å²) < 4.78 is 11.4. The maximum atomic E-state index is 10.5. The lowest BCUT2D eigenvalue weighted by Crippen LogP contribution is -2.55. The van der Waals surface area contributed by atoms with Crippen molar-refractivity contribution in [3.63, 3.8) is 0 Å². The lowest BCUT2D eigenvalue weighted by molar-refractivity contribution is -0.231. The summed E-state index contributed by atoms with van der Waals surface area (Å²) in [7, 11) is 0. The number of hydrogen-bond acceptors (Lipinski definition) is 6. The lowest BCUT2D eigenvalue weighted by atomic mass is 9.77. The predicted octanol–water partition coefficient (Wildman–Crippen LogP) is 1.81. The molecule has 5 rings (SSSR count). The molecule has 0 radical (unpaired) electrons. The number of rotatable bonds is 4. The highest BCUT2D eigenvalue weighted by Gasteiger charge is 2.44. The third kappa shape index (κ3) is 4.10. The van der Waals surface area contributed by atoms with Crippen molar-refractivity contribution in [1.29, 1.82) is 0 Å². The van der Waals surface area contributed by atoms with Crippen LogP contribution < -0.4 is 0 Å². The molecule has 2 unspecified atom stereocenters. The van der Waals surface area contributed by atoms with Crippen molar-refractivity contribution in [2.75, 3.05) is 19.8 Å². The molecule has 2 saturated heterocycles.